The van der Waals surface area contributed by atoms with Gasteiger partial charge in [0.25, 0.3) is 0 Å². The summed E-state index contributed by atoms with van der Waals surface area (Å²) in [6, 6.07) is 2.50. The summed E-state index contributed by atoms with van der Waals surface area (Å²) in [7, 11) is 0. The Bertz CT molecular complexity index is 541. The zero-order chi connectivity index (χ0) is 13.5. The largest absolute Gasteiger partial charge is 0.351 e. The molecule has 1 aliphatic carbocycles. The lowest BCUT2D eigenvalue weighted by Gasteiger charge is -2.41. The van der Waals surface area contributed by atoms with Crippen LogP contribution in [0.3, 0.4) is 0 Å². The van der Waals surface area contributed by atoms with Crippen molar-refractivity contribution in [3.63, 3.8) is 0 Å². The average molecular weight is 272 g/mol. The molecule has 5 heteroatoms. The first-order chi connectivity index (χ1) is 9.83. The van der Waals surface area contributed by atoms with Crippen LogP contribution in [-0.4, -0.2) is 36.6 Å². The fourth-order valence-electron chi connectivity index (χ4n) is 3.28. The Kier molecular flexibility index (Phi) is 2.88. The lowest BCUT2D eigenvalue weighted by atomic mass is 9.96. The second-order valence-electron chi connectivity index (χ2n) is 6.01. The van der Waals surface area contributed by atoms with Crippen molar-refractivity contribution in [3.8, 4) is 0 Å². The predicted octanol–water partition coefficient (Wildman–Crippen LogP) is 1.15. The minimum atomic E-state index is 0.181. The second-order valence-corrected chi connectivity index (χ2v) is 6.01. The van der Waals surface area contributed by atoms with Crippen LogP contribution >= 0.6 is 0 Å². The smallest absolute Gasteiger partial charge is 0.227 e. The molecule has 0 bridgehead atoms. The van der Waals surface area contributed by atoms with Crippen molar-refractivity contribution in [1.29, 1.82) is 0 Å². The van der Waals surface area contributed by atoms with Crippen LogP contribution in [0.25, 0.3) is 0 Å². The summed E-state index contributed by atoms with van der Waals surface area (Å²) in [5.74, 6) is 1.51. The Morgan fingerprint density at radius 2 is 2.30 bits per heavy atom. The summed E-state index contributed by atoms with van der Waals surface area (Å²) in [5.41, 5.74) is 2.20. The van der Waals surface area contributed by atoms with Gasteiger partial charge in [0.1, 0.15) is 5.82 Å². The molecule has 1 saturated carbocycles. The van der Waals surface area contributed by atoms with Gasteiger partial charge in [-0.05, 0) is 31.7 Å². The Hall–Kier alpha value is -1.62. The number of carbonyl (C=O) groups excluding carboxylic acids is 1. The summed E-state index contributed by atoms with van der Waals surface area (Å²) in [5, 5.41) is 6.55. The van der Waals surface area contributed by atoms with E-state index < -0.39 is 0 Å². The molecule has 2 N–H and O–H groups in total. The zero-order valence-corrected chi connectivity index (χ0v) is 11.6. The maximum absolute atomic E-state index is 12.0. The van der Waals surface area contributed by atoms with E-state index in [2.05, 4.69) is 20.5 Å². The van der Waals surface area contributed by atoms with Crippen LogP contribution in [0.1, 0.15) is 24.8 Å². The molecule has 1 aromatic rings. The minimum Gasteiger partial charge on any atom is -0.351 e. The van der Waals surface area contributed by atoms with Crippen molar-refractivity contribution in [2.75, 3.05) is 29.9 Å². The molecule has 2 aliphatic heterocycles. The fourth-order valence-corrected chi connectivity index (χ4v) is 3.28. The van der Waals surface area contributed by atoms with Gasteiger partial charge in [-0.25, -0.2) is 4.98 Å². The Labute approximate surface area is 118 Å². The van der Waals surface area contributed by atoms with E-state index >= 15 is 0 Å². The Morgan fingerprint density at radius 3 is 3.15 bits per heavy atom. The highest BCUT2D eigenvalue weighted by molar-refractivity contribution is 5.95. The third-order valence-electron chi connectivity index (χ3n) is 4.59. The molecule has 4 rings (SSSR count). The molecule has 1 unspecified atom stereocenters. The maximum atomic E-state index is 12.0. The van der Waals surface area contributed by atoms with E-state index in [0.717, 1.165) is 56.8 Å². The SMILES string of the molecule is O=C(Nc1ccnc2c1CCC1CNCCN21)C1CC1. The number of nitrogens with zero attached hydrogens (tertiary/aromatic N) is 2. The van der Waals surface area contributed by atoms with Gasteiger partial charge >= 0.3 is 0 Å². The van der Waals surface area contributed by atoms with E-state index in [9.17, 15) is 4.79 Å². The third kappa shape index (κ3) is 2.06. The number of nitrogens with one attached hydrogen (secondary N) is 2. The zero-order valence-electron chi connectivity index (χ0n) is 11.6. The molecular formula is C15H20N4O. The van der Waals surface area contributed by atoms with Crippen LogP contribution in [0.4, 0.5) is 11.5 Å². The summed E-state index contributed by atoms with van der Waals surface area (Å²) in [6.07, 6.45) is 6.05. The fraction of sp³-hybridized carbons (Fsp3) is 0.600. The first kappa shape index (κ1) is 12.1. The number of amides is 1. The number of carbonyl (C=O) groups is 1. The summed E-state index contributed by atoms with van der Waals surface area (Å²) >= 11 is 0. The van der Waals surface area contributed by atoms with Crippen LogP contribution in [-0.2, 0) is 11.2 Å². The van der Waals surface area contributed by atoms with Crippen LogP contribution in [0.2, 0.25) is 0 Å². The van der Waals surface area contributed by atoms with Crippen LogP contribution in [0.5, 0.6) is 0 Å². The second kappa shape index (κ2) is 4.74. The van der Waals surface area contributed by atoms with E-state index in [0.29, 0.717) is 6.04 Å². The lowest BCUT2D eigenvalue weighted by molar-refractivity contribution is -0.117. The first-order valence-corrected chi connectivity index (χ1v) is 7.59. The molecule has 1 aromatic heterocycles. The van der Waals surface area contributed by atoms with E-state index in [-0.39, 0.29) is 11.8 Å². The molecule has 0 radical (unpaired) electrons. The summed E-state index contributed by atoms with van der Waals surface area (Å²) in [4.78, 5) is 19.0. The Balaban J connectivity index is 1.63. The average Bonchev–Trinajstić information content (AvgIpc) is 3.32. The van der Waals surface area contributed by atoms with Crippen molar-refractivity contribution < 1.29 is 4.79 Å². The number of pyridine rings is 1. The van der Waals surface area contributed by atoms with Crippen molar-refractivity contribution in [1.82, 2.24) is 10.3 Å². The van der Waals surface area contributed by atoms with E-state index in [1.54, 1.807) is 0 Å². The molecule has 1 atom stereocenters. The number of hydrogen-bond donors (Lipinski definition) is 2. The van der Waals surface area contributed by atoms with Gasteiger partial charge in [-0.15, -0.1) is 0 Å². The lowest BCUT2D eigenvalue weighted by Crippen LogP contribution is -2.53. The topological polar surface area (TPSA) is 57.3 Å². The highest BCUT2D eigenvalue weighted by atomic mass is 16.2. The Morgan fingerprint density at radius 1 is 1.40 bits per heavy atom. The summed E-state index contributed by atoms with van der Waals surface area (Å²) < 4.78 is 0. The number of hydrogen-bond acceptors (Lipinski definition) is 4. The first-order valence-electron chi connectivity index (χ1n) is 7.59. The standard InChI is InChI=1S/C15H20N4O/c20-15(10-1-2-10)18-13-5-6-17-14-12(13)4-3-11-9-16-7-8-19(11)14/h5-6,10-11,16H,1-4,7-9H2,(H,17,18,20). The normalized spacial score (nSPS) is 24.8. The van der Waals surface area contributed by atoms with Gasteiger partial charge in [-0.3, -0.25) is 4.79 Å². The molecule has 1 amide bonds. The van der Waals surface area contributed by atoms with Crippen molar-refractivity contribution >= 4 is 17.4 Å². The highest BCUT2D eigenvalue weighted by Crippen LogP contribution is 2.36. The van der Waals surface area contributed by atoms with Gasteiger partial charge in [0, 0.05) is 49.0 Å². The van der Waals surface area contributed by atoms with Gasteiger partial charge in [0.2, 0.25) is 5.91 Å². The molecule has 20 heavy (non-hydrogen) atoms. The van der Waals surface area contributed by atoms with Gasteiger partial charge in [0.15, 0.2) is 0 Å². The molecule has 0 spiro atoms. The number of piperazine rings is 1. The number of rotatable bonds is 2. The van der Waals surface area contributed by atoms with Crippen LogP contribution in [0, 0.1) is 5.92 Å². The minimum absolute atomic E-state index is 0.181. The van der Waals surface area contributed by atoms with Crippen LogP contribution < -0.4 is 15.5 Å². The van der Waals surface area contributed by atoms with E-state index in [1.807, 2.05) is 12.3 Å². The molecule has 1 saturated heterocycles. The summed E-state index contributed by atoms with van der Waals surface area (Å²) in [6.45, 7) is 3.06. The van der Waals surface area contributed by atoms with Crippen molar-refractivity contribution in [3.05, 3.63) is 17.8 Å². The molecule has 3 aliphatic rings. The van der Waals surface area contributed by atoms with Gasteiger partial charge in [-0.2, -0.15) is 0 Å². The predicted molar refractivity (Wildman–Crippen MR) is 77.9 cm³/mol. The number of anilines is 2. The molecule has 106 valence electrons. The van der Waals surface area contributed by atoms with Crippen molar-refractivity contribution in [2.45, 2.75) is 31.7 Å². The highest BCUT2D eigenvalue weighted by Gasteiger charge is 2.33. The number of aromatic nitrogens is 1. The molecule has 5 nitrogen and oxygen atoms in total. The maximum Gasteiger partial charge on any atom is 0.227 e. The van der Waals surface area contributed by atoms with E-state index in [1.165, 1.54) is 5.56 Å². The molecule has 3 heterocycles. The third-order valence-corrected chi connectivity index (χ3v) is 4.59. The van der Waals surface area contributed by atoms with Gasteiger partial charge < -0.3 is 15.5 Å². The number of fused-ring (bicyclic) bond motifs is 3. The molecule has 0 aromatic carbocycles. The monoisotopic (exact) mass is 272 g/mol. The quantitative estimate of drug-likeness (QED) is 0.848. The molecular weight excluding hydrogens is 252 g/mol. The van der Waals surface area contributed by atoms with Crippen LogP contribution in [0.15, 0.2) is 12.3 Å². The van der Waals surface area contributed by atoms with Crippen molar-refractivity contribution in [2.24, 2.45) is 5.92 Å². The van der Waals surface area contributed by atoms with Gasteiger partial charge in [-0.1, -0.05) is 0 Å². The van der Waals surface area contributed by atoms with E-state index in [4.69, 9.17) is 0 Å². The van der Waals surface area contributed by atoms with Gasteiger partial charge in [0.05, 0.1) is 0 Å². The molecule has 2 fully saturated rings.